The van der Waals surface area contributed by atoms with Crippen LogP contribution in [0, 0.1) is 0 Å². The van der Waals surface area contributed by atoms with Crippen LogP contribution in [0.5, 0.6) is 0 Å². The van der Waals surface area contributed by atoms with Gasteiger partial charge in [0.25, 0.3) is 5.91 Å². The molecule has 0 saturated carbocycles. The SMILES string of the molecule is CC(Br)CCCNC(=O)c1ccc(Br)cc1C(F)(F)F. The van der Waals surface area contributed by atoms with Crippen molar-refractivity contribution in [2.24, 2.45) is 0 Å². The molecular formula is C13H14Br2F3NO. The van der Waals surface area contributed by atoms with E-state index in [1.54, 1.807) is 0 Å². The van der Waals surface area contributed by atoms with Crippen LogP contribution >= 0.6 is 31.9 Å². The van der Waals surface area contributed by atoms with Gasteiger partial charge < -0.3 is 5.32 Å². The molecule has 0 aliphatic heterocycles. The van der Waals surface area contributed by atoms with E-state index in [2.05, 4.69) is 37.2 Å². The average Bonchev–Trinajstić information content (AvgIpc) is 2.33. The standard InChI is InChI=1S/C13H14Br2F3NO/c1-8(14)3-2-6-19-12(20)10-5-4-9(15)7-11(10)13(16,17)18/h4-5,7-8H,2-3,6H2,1H3,(H,19,20). The Morgan fingerprint density at radius 1 is 1.40 bits per heavy atom. The van der Waals surface area contributed by atoms with Crippen molar-refractivity contribution in [1.29, 1.82) is 0 Å². The van der Waals surface area contributed by atoms with Crippen LogP contribution in [0.3, 0.4) is 0 Å². The zero-order chi connectivity index (χ0) is 15.3. The zero-order valence-corrected chi connectivity index (χ0v) is 13.9. The van der Waals surface area contributed by atoms with Crippen molar-refractivity contribution in [3.63, 3.8) is 0 Å². The lowest BCUT2D eigenvalue weighted by Crippen LogP contribution is -2.27. The molecule has 0 aliphatic rings. The first-order chi connectivity index (χ1) is 9.21. The molecule has 0 spiro atoms. The highest BCUT2D eigenvalue weighted by molar-refractivity contribution is 9.10. The lowest BCUT2D eigenvalue weighted by atomic mass is 10.1. The molecule has 0 fully saturated rings. The number of alkyl halides is 4. The third kappa shape index (κ3) is 5.44. The minimum atomic E-state index is -4.55. The number of hydrogen-bond donors (Lipinski definition) is 1. The van der Waals surface area contributed by atoms with Crippen molar-refractivity contribution >= 4 is 37.8 Å². The second-order valence-electron chi connectivity index (χ2n) is 4.37. The second-order valence-corrected chi connectivity index (χ2v) is 6.85. The maximum atomic E-state index is 12.9. The molecule has 1 unspecified atom stereocenters. The Kier molecular flexibility index (Phi) is 6.51. The van der Waals surface area contributed by atoms with E-state index in [-0.39, 0.29) is 10.0 Å². The number of rotatable bonds is 5. The summed E-state index contributed by atoms with van der Waals surface area (Å²) in [6, 6.07) is 3.51. The molecule has 1 aromatic carbocycles. The van der Waals surface area contributed by atoms with E-state index in [0.717, 1.165) is 12.5 Å². The molecule has 1 atom stereocenters. The number of nitrogens with one attached hydrogen (secondary N) is 1. The predicted molar refractivity (Wildman–Crippen MR) is 79.1 cm³/mol. The third-order valence-corrected chi connectivity index (χ3v) is 3.55. The van der Waals surface area contributed by atoms with E-state index in [1.165, 1.54) is 12.1 Å². The molecule has 112 valence electrons. The quantitative estimate of drug-likeness (QED) is 0.544. The minimum Gasteiger partial charge on any atom is -0.352 e. The van der Waals surface area contributed by atoms with Crippen LogP contribution in [0.25, 0.3) is 0 Å². The Hall–Kier alpha value is -0.560. The highest BCUT2D eigenvalue weighted by atomic mass is 79.9. The Bertz CT molecular complexity index is 475. The lowest BCUT2D eigenvalue weighted by Gasteiger charge is -2.13. The Balaban J connectivity index is 2.78. The van der Waals surface area contributed by atoms with E-state index in [4.69, 9.17) is 0 Å². The van der Waals surface area contributed by atoms with E-state index >= 15 is 0 Å². The first-order valence-corrected chi connectivity index (χ1v) is 7.71. The first kappa shape index (κ1) is 17.5. The van der Waals surface area contributed by atoms with Gasteiger partial charge in [-0.2, -0.15) is 13.2 Å². The van der Waals surface area contributed by atoms with Gasteiger partial charge in [-0.05, 0) is 31.0 Å². The van der Waals surface area contributed by atoms with Crippen LogP contribution in [0.4, 0.5) is 13.2 Å². The summed E-state index contributed by atoms with van der Waals surface area (Å²) in [6.45, 7) is 2.32. The van der Waals surface area contributed by atoms with Crippen LogP contribution in [-0.4, -0.2) is 17.3 Å². The largest absolute Gasteiger partial charge is 0.417 e. The van der Waals surface area contributed by atoms with Gasteiger partial charge in [-0.25, -0.2) is 0 Å². The fourth-order valence-electron chi connectivity index (χ4n) is 1.63. The van der Waals surface area contributed by atoms with Gasteiger partial charge in [0, 0.05) is 15.8 Å². The van der Waals surface area contributed by atoms with Crippen molar-refractivity contribution in [2.45, 2.75) is 30.8 Å². The fraction of sp³-hybridized carbons (Fsp3) is 0.462. The van der Waals surface area contributed by atoms with Crippen LogP contribution in [0.2, 0.25) is 0 Å². The predicted octanol–water partition coefficient (Wildman–Crippen LogP) is 4.76. The maximum absolute atomic E-state index is 12.9. The smallest absolute Gasteiger partial charge is 0.352 e. The maximum Gasteiger partial charge on any atom is 0.417 e. The molecule has 1 aromatic rings. The summed E-state index contributed by atoms with van der Waals surface area (Å²) in [5.74, 6) is -0.702. The van der Waals surface area contributed by atoms with Gasteiger partial charge in [0.1, 0.15) is 0 Å². The van der Waals surface area contributed by atoms with Gasteiger partial charge in [0.2, 0.25) is 0 Å². The second kappa shape index (κ2) is 7.45. The van der Waals surface area contributed by atoms with Gasteiger partial charge >= 0.3 is 6.18 Å². The Morgan fingerprint density at radius 2 is 2.05 bits per heavy atom. The van der Waals surface area contributed by atoms with Crippen molar-refractivity contribution in [3.05, 3.63) is 33.8 Å². The molecule has 0 radical (unpaired) electrons. The molecule has 0 aliphatic carbocycles. The van der Waals surface area contributed by atoms with Gasteiger partial charge in [0.15, 0.2) is 0 Å². The topological polar surface area (TPSA) is 29.1 Å². The number of hydrogen-bond acceptors (Lipinski definition) is 1. The molecule has 2 nitrogen and oxygen atoms in total. The van der Waals surface area contributed by atoms with Gasteiger partial charge in [0.05, 0.1) is 11.1 Å². The average molecular weight is 417 g/mol. The molecule has 20 heavy (non-hydrogen) atoms. The van der Waals surface area contributed by atoms with E-state index in [0.29, 0.717) is 17.8 Å². The van der Waals surface area contributed by atoms with Crippen LogP contribution < -0.4 is 5.32 Å². The van der Waals surface area contributed by atoms with Crippen LogP contribution in [0.1, 0.15) is 35.7 Å². The van der Waals surface area contributed by atoms with E-state index in [9.17, 15) is 18.0 Å². The van der Waals surface area contributed by atoms with E-state index < -0.39 is 17.6 Å². The summed E-state index contributed by atoms with van der Waals surface area (Å²) in [6.07, 6.45) is -3.01. The number of halogens is 5. The highest BCUT2D eigenvalue weighted by Crippen LogP contribution is 2.33. The molecule has 7 heteroatoms. The molecule has 1 N–H and O–H groups in total. The summed E-state index contributed by atoms with van der Waals surface area (Å²) in [7, 11) is 0. The summed E-state index contributed by atoms with van der Waals surface area (Å²) < 4.78 is 38.9. The lowest BCUT2D eigenvalue weighted by molar-refractivity contribution is -0.138. The molecular weight excluding hydrogens is 403 g/mol. The number of benzene rings is 1. The van der Waals surface area contributed by atoms with Crippen LogP contribution in [0.15, 0.2) is 22.7 Å². The molecule has 0 heterocycles. The summed E-state index contributed by atoms with van der Waals surface area (Å²) in [5, 5.41) is 2.51. The third-order valence-electron chi connectivity index (χ3n) is 2.60. The normalized spacial score (nSPS) is 13.1. The highest BCUT2D eigenvalue weighted by Gasteiger charge is 2.35. The first-order valence-electron chi connectivity index (χ1n) is 6.01. The van der Waals surface area contributed by atoms with E-state index in [1.807, 2.05) is 6.92 Å². The van der Waals surface area contributed by atoms with Crippen molar-refractivity contribution < 1.29 is 18.0 Å². The Labute approximate surface area is 132 Å². The van der Waals surface area contributed by atoms with Crippen LogP contribution in [-0.2, 0) is 6.18 Å². The minimum absolute atomic E-state index is 0.287. The summed E-state index contributed by atoms with van der Waals surface area (Å²) in [5.41, 5.74) is -1.29. The zero-order valence-electron chi connectivity index (χ0n) is 10.7. The van der Waals surface area contributed by atoms with Gasteiger partial charge in [-0.15, -0.1) is 0 Å². The monoisotopic (exact) mass is 415 g/mol. The van der Waals surface area contributed by atoms with Gasteiger partial charge in [-0.3, -0.25) is 4.79 Å². The molecule has 1 amide bonds. The molecule has 1 rings (SSSR count). The van der Waals surface area contributed by atoms with Gasteiger partial charge in [-0.1, -0.05) is 38.8 Å². The summed E-state index contributed by atoms with van der Waals surface area (Å²) in [4.78, 5) is 12.1. The van der Waals surface area contributed by atoms with Crippen molar-refractivity contribution in [1.82, 2.24) is 5.32 Å². The van der Waals surface area contributed by atoms with Crippen molar-refractivity contribution in [3.8, 4) is 0 Å². The number of carbonyl (C=O) groups excluding carboxylic acids is 1. The molecule has 0 aromatic heterocycles. The summed E-state index contributed by atoms with van der Waals surface area (Å²) >= 11 is 6.35. The van der Waals surface area contributed by atoms with Crippen molar-refractivity contribution in [2.75, 3.05) is 6.54 Å². The Morgan fingerprint density at radius 3 is 2.60 bits per heavy atom. The molecule has 0 saturated heterocycles. The molecule has 0 bridgehead atoms. The fourth-order valence-corrected chi connectivity index (χ4v) is 2.31. The number of amides is 1. The number of carbonyl (C=O) groups is 1.